The second kappa shape index (κ2) is 9.53. The van der Waals surface area contributed by atoms with Crippen molar-refractivity contribution >= 4 is 35.3 Å². The lowest BCUT2D eigenvalue weighted by Crippen LogP contribution is -2.42. The molecule has 3 aliphatic rings. The van der Waals surface area contributed by atoms with Gasteiger partial charge in [0.25, 0.3) is 5.91 Å². The summed E-state index contributed by atoms with van der Waals surface area (Å²) >= 11 is 1.49. The zero-order valence-corrected chi connectivity index (χ0v) is 19.2. The van der Waals surface area contributed by atoms with Crippen LogP contribution in [0.3, 0.4) is 0 Å². The summed E-state index contributed by atoms with van der Waals surface area (Å²) in [7, 11) is 0. The molecular formula is C25H30N4O2S. The summed E-state index contributed by atoms with van der Waals surface area (Å²) in [6.45, 7) is 2.46. The number of piperidine rings is 1. The Bertz CT molecular complexity index is 1070. The van der Waals surface area contributed by atoms with E-state index in [1.54, 1.807) is 0 Å². The number of thioether (sulfide) groups is 1. The van der Waals surface area contributed by atoms with Crippen LogP contribution in [-0.2, 0) is 9.59 Å². The normalized spacial score (nSPS) is 20.9. The summed E-state index contributed by atoms with van der Waals surface area (Å²) in [6, 6.07) is 5.96. The predicted octanol–water partition coefficient (Wildman–Crippen LogP) is 4.27. The number of carbonyl (C=O) groups excluding carboxylic acids is 2. The van der Waals surface area contributed by atoms with Gasteiger partial charge in [-0.25, -0.2) is 4.98 Å². The van der Waals surface area contributed by atoms with Crippen molar-refractivity contribution in [1.29, 1.82) is 0 Å². The number of hydrogen-bond donors (Lipinski definition) is 1. The molecule has 4 heterocycles. The Hall–Kier alpha value is -2.54. The molecule has 1 fully saturated rings. The van der Waals surface area contributed by atoms with Gasteiger partial charge < -0.3 is 10.2 Å². The first-order chi connectivity index (χ1) is 15.7. The molecule has 32 heavy (non-hydrogen) atoms. The molecule has 2 amide bonds. The lowest BCUT2D eigenvalue weighted by Gasteiger charge is -2.34. The number of carbonyl (C=O) groups is 2. The van der Waals surface area contributed by atoms with Gasteiger partial charge in [0.2, 0.25) is 5.91 Å². The maximum Gasteiger partial charge on any atom is 0.258 e. The largest absolute Gasteiger partial charge is 0.352 e. The molecule has 168 valence electrons. The van der Waals surface area contributed by atoms with Gasteiger partial charge in [-0.3, -0.25) is 14.0 Å². The monoisotopic (exact) mass is 450 g/mol. The van der Waals surface area contributed by atoms with Crippen molar-refractivity contribution in [2.24, 2.45) is 11.8 Å². The van der Waals surface area contributed by atoms with Crippen LogP contribution in [0.2, 0.25) is 0 Å². The number of nitrogens with zero attached hydrogens (tertiary/aromatic N) is 3. The number of allylic oxidation sites excluding steroid dienone is 2. The third-order valence-electron chi connectivity index (χ3n) is 6.86. The molecule has 0 aromatic carbocycles. The maximum absolute atomic E-state index is 12.7. The number of likely N-dealkylation sites (tertiary alicyclic amines) is 1. The van der Waals surface area contributed by atoms with Gasteiger partial charge in [-0.05, 0) is 69.1 Å². The van der Waals surface area contributed by atoms with Crippen molar-refractivity contribution in [3.63, 3.8) is 0 Å². The van der Waals surface area contributed by atoms with Gasteiger partial charge in [-0.15, -0.1) is 0 Å². The highest BCUT2D eigenvalue weighted by Gasteiger charge is 2.28. The van der Waals surface area contributed by atoms with Crippen LogP contribution in [-0.4, -0.2) is 45.7 Å². The molecule has 5 rings (SSSR count). The molecular weight excluding hydrogens is 420 g/mol. The van der Waals surface area contributed by atoms with E-state index < -0.39 is 0 Å². The summed E-state index contributed by atoms with van der Waals surface area (Å²) in [5, 5.41) is 4.11. The molecule has 2 aromatic heterocycles. The van der Waals surface area contributed by atoms with Crippen LogP contribution in [0.5, 0.6) is 0 Å². The van der Waals surface area contributed by atoms with Crippen LogP contribution in [0.25, 0.3) is 11.7 Å². The number of nitrogens with one attached hydrogen (secondary N) is 1. The molecule has 6 nitrogen and oxygen atoms in total. The molecule has 1 unspecified atom stereocenters. The Morgan fingerprint density at radius 1 is 1.16 bits per heavy atom. The Morgan fingerprint density at radius 2 is 2.03 bits per heavy atom. The Morgan fingerprint density at radius 3 is 2.84 bits per heavy atom. The van der Waals surface area contributed by atoms with E-state index in [4.69, 9.17) is 0 Å². The second-order valence-electron chi connectivity index (χ2n) is 9.00. The summed E-state index contributed by atoms with van der Waals surface area (Å²) in [6.07, 6.45) is 15.3. The lowest BCUT2D eigenvalue weighted by molar-refractivity contribution is -0.137. The Kier molecular flexibility index (Phi) is 6.35. The van der Waals surface area contributed by atoms with Gasteiger partial charge in [-0.2, -0.15) is 0 Å². The highest BCUT2D eigenvalue weighted by molar-refractivity contribution is 8.04. The minimum Gasteiger partial charge on any atom is -0.352 e. The Labute approximate surface area is 193 Å². The molecule has 1 saturated heterocycles. The average Bonchev–Trinajstić information content (AvgIpc) is 3.27. The fourth-order valence-electron chi connectivity index (χ4n) is 5.00. The quantitative estimate of drug-likeness (QED) is 0.527. The number of hydrogen-bond acceptors (Lipinski definition) is 4. The van der Waals surface area contributed by atoms with E-state index in [-0.39, 0.29) is 11.8 Å². The van der Waals surface area contributed by atoms with E-state index in [1.165, 1.54) is 11.8 Å². The number of aromatic nitrogens is 2. The molecule has 0 saturated carbocycles. The van der Waals surface area contributed by atoms with Crippen molar-refractivity contribution in [2.45, 2.75) is 50.0 Å². The molecule has 0 spiro atoms. The van der Waals surface area contributed by atoms with E-state index >= 15 is 0 Å². The van der Waals surface area contributed by atoms with E-state index in [1.807, 2.05) is 30.5 Å². The van der Waals surface area contributed by atoms with Crippen LogP contribution in [0.15, 0.2) is 46.5 Å². The lowest BCUT2D eigenvalue weighted by atomic mass is 9.89. The van der Waals surface area contributed by atoms with Gasteiger partial charge in [0, 0.05) is 25.6 Å². The maximum atomic E-state index is 12.7. The molecule has 7 heteroatoms. The topological polar surface area (TPSA) is 66.7 Å². The minimum atomic E-state index is -0.0126. The van der Waals surface area contributed by atoms with Gasteiger partial charge in [-0.1, -0.05) is 30.0 Å². The zero-order valence-electron chi connectivity index (χ0n) is 18.3. The minimum absolute atomic E-state index is 0.0126. The molecule has 1 atom stereocenters. The molecule has 2 aliphatic heterocycles. The van der Waals surface area contributed by atoms with Crippen LogP contribution in [0.4, 0.5) is 0 Å². The van der Waals surface area contributed by atoms with Gasteiger partial charge in [0.1, 0.15) is 5.65 Å². The average molecular weight is 451 g/mol. The summed E-state index contributed by atoms with van der Waals surface area (Å²) in [5.41, 5.74) is 1.86. The van der Waals surface area contributed by atoms with Crippen molar-refractivity contribution in [3.8, 4) is 0 Å². The van der Waals surface area contributed by atoms with E-state index in [0.29, 0.717) is 18.4 Å². The summed E-state index contributed by atoms with van der Waals surface area (Å²) in [5.74, 6) is 1.19. The smallest absolute Gasteiger partial charge is 0.258 e. The zero-order chi connectivity index (χ0) is 21.9. The third-order valence-corrected chi connectivity index (χ3v) is 7.91. The van der Waals surface area contributed by atoms with Gasteiger partial charge >= 0.3 is 0 Å². The van der Waals surface area contributed by atoms with E-state index in [9.17, 15) is 9.59 Å². The van der Waals surface area contributed by atoms with Crippen LogP contribution in [0.1, 0.15) is 50.6 Å². The number of rotatable bonds is 6. The van der Waals surface area contributed by atoms with Gasteiger partial charge in [0.05, 0.1) is 21.8 Å². The number of imidazole rings is 1. The first kappa shape index (κ1) is 21.3. The van der Waals surface area contributed by atoms with Crippen LogP contribution >= 0.6 is 11.8 Å². The van der Waals surface area contributed by atoms with Crippen LogP contribution in [0, 0.1) is 11.8 Å². The second-order valence-corrected chi connectivity index (χ2v) is 10.1. The number of pyridine rings is 1. The SMILES string of the molecule is O=C(NCCCC1CCN(C(=O)C2CC=CCC2)CC1)C1=Cc2cnc3cccc(n23)S1. The van der Waals surface area contributed by atoms with Crippen molar-refractivity contribution < 1.29 is 9.59 Å². The van der Waals surface area contributed by atoms with E-state index in [2.05, 4.69) is 31.8 Å². The first-order valence-electron chi connectivity index (χ1n) is 11.8. The highest BCUT2D eigenvalue weighted by atomic mass is 32.2. The third kappa shape index (κ3) is 4.49. The highest BCUT2D eigenvalue weighted by Crippen LogP contribution is 2.34. The summed E-state index contributed by atoms with van der Waals surface area (Å²) in [4.78, 5) is 32.6. The standard InChI is InChI=1S/C25H30N4O2S/c30-24(21-16-20-17-27-22-9-4-10-23(32-21)29(20)22)26-13-5-6-18-11-14-28(15-12-18)25(31)19-7-2-1-3-8-19/h1-2,4,9-10,16-19H,3,5-8,11-15H2,(H,26,30). The molecule has 0 bridgehead atoms. The molecule has 1 aliphatic carbocycles. The molecule has 1 N–H and O–H groups in total. The summed E-state index contributed by atoms with van der Waals surface area (Å²) < 4.78 is 2.07. The predicted molar refractivity (Wildman–Crippen MR) is 127 cm³/mol. The fourth-order valence-corrected chi connectivity index (χ4v) is 6.00. The van der Waals surface area contributed by atoms with Crippen LogP contribution < -0.4 is 5.32 Å². The van der Waals surface area contributed by atoms with E-state index in [0.717, 1.165) is 79.3 Å². The molecule has 2 aromatic rings. The van der Waals surface area contributed by atoms with Crippen molar-refractivity contribution in [1.82, 2.24) is 19.6 Å². The van der Waals surface area contributed by atoms with Gasteiger partial charge in [0.15, 0.2) is 0 Å². The van der Waals surface area contributed by atoms with Crippen molar-refractivity contribution in [3.05, 3.63) is 47.1 Å². The van der Waals surface area contributed by atoms with Crippen molar-refractivity contribution in [2.75, 3.05) is 19.6 Å². The number of amides is 2. The molecule has 0 radical (unpaired) electrons. The Balaban J connectivity index is 1.04. The first-order valence-corrected chi connectivity index (χ1v) is 12.6. The fraction of sp³-hybridized carbons (Fsp3) is 0.480.